The van der Waals surface area contributed by atoms with Gasteiger partial charge >= 0.3 is 5.97 Å². The highest BCUT2D eigenvalue weighted by Gasteiger charge is 2.18. The number of thiazole rings is 1. The summed E-state index contributed by atoms with van der Waals surface area (Å²) < 4.78 is 14.5. The number of fused-ring (bicyclic) bond motifs is 1. The van der Waals surface area contributed by atoms with Crippen LogP contribution in [0.15, 0.2) is 64.0 Å². The summed E-state index contributed by atoms with van der Waals surface area (Å²) in [6.45, 7) is 6.21. The second kappa shape index (κ2) is 10.5. The van der Waals surface area contributed by atoms with Crippen molar-refractivity contribution in [2.24, 2.45) is 10.1 Å². The van der Waals surface area contributed by atoms with Crippen LogP contribution in [-0.2, 0) is 9.53 Å². The molecule has 38 heavy (non-hydrogen) atoms. The Bertz CT molecular complexity index is 1630. The highest BCUT2D eigenvalue weighted by atomic mass is 32.1. The molecule has 0 bridgehead atoms. The van der Waals surface area contributed by atoms with Crippen LogP contribution in [-0.4, -0.2) is 47.6 Å². The molecule has 0 atom stereocenters. The number of benzene rings is 2. The molecule has 5 rings (SSSR count). The molecule has 0 saturated carbocycles. The summed E-state index contributed by atoms with van der Waals surface area (Å²) in [6.07, 6.45) is 1.82. The maximum atomic E-state index is 12.0. The number of nitrogens with zero attached hydrogens (tertiary/aromatic N) is 4. The summed E-state index contributed by atoms with van der Waals surface area (Å²) in [5, 5.41) is 9.64. The predicted octanol–water partition coefficient (Wildman–Crippen LogP) is 4.54. The predicted molar refractivity (Wildman–Crippen MR) is 148 cm³/mol. The zero-order valence-corrected chi connectivity index (χ0v) is 22.3. The van der Waals surface area contributed by atoms with Crippen molar-refractivity contribution in [1.29, 1.82) is 0 Å². The van der Waals surface area contributed by atoms with E-state index in [2.05, 4.69) is 20.9 Å². The van der Waals surface area contributed by atoms with E-state index < -0.39 is 0 Å². The topological polar surface area (TPSA) is 99.2 Å². The van der Waals surface area contributed by atoms with Gasteiger partial charge in [0.05, 0.1) is 29.8 Å². The Morgan fingerprint density at radius 1 is 1.18 bits per heavy atom. The zero-order valence-electron chi connectivity index (χ0n) is 21.5. The molecular formula is C28H27N5O4S. The van der Waals surface area contributed by atoms with E-state index in [4.69, 9.17) is 14.6 Å². The molecule has 2 aromatic carbocycles. The number of hydrogen-bond donors (Lipinski definition) is 1. The van der Waals surface area contributed by atoms with Crippen LogP contribution in [0.25, 0.3) is 16.9 Å². The summed E-state index contributed by atoms with van der Waals surface area (Å²) in [7, 11) is 1.73. The minimum atomic E-state index is -0.331. The van der Waals surface area contributed by atoms with Crippen LogP contribution in [0.4, 0.5) is 5.69 Å². The molecule has 0 unspecified atom stereocenters. The maximum Gasteiger partial charge on any atom is 0.338 e. The van der Waals surface area contributed by atoms with Crippen molar-refractivity contribution in [3.63, 3.8) is 0 Å². The van der Waals surface area contributed by atoms with Gasteiger partial charge in [0, 0.05) is 40.6 Å². The van der Waals surface area contributed by atoms with E-state index >= 15 is 0 Å². The molecule has 2 aromatic heterocycles. The van der Waals surface area contributed by atoms with E-state index in [-0.39, 0.29) is 18.5 Å². The standard InChI is InChI=1S/C28H27N5O4S/c1-5-36-27(35)19-6-9-22(10-7-19)32-17(2)12-21(18(32)3)14-30-33-24(16-38-28(33)29-4)20-8-11-25-23(13-20)31-26(34)15-37-25/h6-14,16H,5,15H2,1-4H3,(H,31,34). The quantitative estimate of drug-likeness (QED) is 0.293. The smallest absolute Gasteiger partial charge is 0.338 e. The zero-order chi connectivity index (χ0) is 26.8. The van der Waals surface area contributed by atoms with Crippen LogP contribution >= 0.6 is 11.3 Å². The molecule has 1 amide bonds. The average Bonchev–Trinajstić information content (AvgIpc) is 3.46. The number of anilines is 1. The Kier molecular flexibility index (Phi) is 6.97. The molecule has 3 heterocycles. The highest BCUT2D eigenvalue weighted by Crippen LogP contribution is 2.33. The SMILES string of the molecule is CCOC(=O)c1ccc(-n2c(C)cc(C=Nn3c(-c4ccc5c(c4)NC(=O)CO5)csc3=NC)c2C)cc1. The number of amides is 1. The molecule has 0 saturated heterocycles. The van der Waals surface area contributed by atoms with Crippen molar-refractivity contribution in [1.82, 2.24) is 9.24 Å². The van der Waals surface area contributed by atoms with Crippen LogP contribution in [0, 0.1) is 13.8 Å². The van der Waals surface area contributed by atoms with E-state index in [1.807, 2.05) is 55.8 Å². The number of esters is 1. The van der Waals surface area contributed by atoms with Gasteiger partial charge in [0.1, 0.15) is 5.75 Å². The fraction of sp³-hybridized carbons (Fsp3) is 0.214. The lowest BCUT2D eigenvalue weighted by molar-refractivity contribution is -0.118. The molecule has 1 aliphatic rings. The van der Waals surface area contributed by atoms with Gasteiger partial charge in [-0.1, -0.05) is 0 Å². The first-order valence-electron chi connectivity index (χ1n) is 12.1. The largest absolute Gasteiger partial charge is 0.482 e. The van der Waals surface area contributed by atoms with Crippen LogP contribution in [0.2, 0.25) is 0 Å². The lowest BCUT2D eigenvalue weighted by Crippen LogP contribution is -2.25. The fourth-order valence-corrected chi connectivity index (χ4v) is 5.20. The first-order chi connectivity index (χ1) is 18.4. The Morgan fingerprint density at radius 2 is 1.97 bits per heavy atom. The Hall–Kier alpha value is -4.44. The third-order valence-electron chi connectivity index (χ3n) is 6.20. The number of ether oxygens (including phenoxy) is 2. The summed E-state index contributed by atoms with van der Waals surface area (Å²) in [5.74, 6) is 0.130. The first-order valence-corrected chi connectivity index (χ1v) is 13.0. The minimum Gasteiger partial charge on any atom is -0.482 e. The van der Waals surface area contributed by atoms with E-state index in [0.29, 0.717) is 23.6 Å². The first kappa shape index (κ1) is 25.2. The molecule has 194 valence electrons. The molecule has 0 radical (unpaired) electrons. The Labute approximate surface area is 223 Å². The molecule has 1 N–H and O–H groups in total. The Balaban J connectivity index is 1.47. The lowest BCUT2D eigenvalue weighted by Gasteiger charge is -2.18. The third-order valence-corrected chi connectivity index (χ3v) is 7.11. The van der Waals surface area contributed by atoms with Gasteiger partial charge in [-0.3, -0.25) is 9.79 Å². The highest BCUT2D eigenvalue weighted by molar-refractivity contribution is 7.07. The van der Waals surface area contributed by atoms with Gasteiger partial charge in [0.25, 0.3) is 5.91 Å². The molecule has 0 fully saturated rings. The van der Waals surface area contributed by atoms with Gasteiger partial charge < -0.3 is 19.4 Å². The second-order valence-corrected chi connectivity index (χ2v) is 9.50. The van der Waals surface area contributed by atoms with E-state index in [9.17, 15) is 9.59 Å². The van der Waals surface area contributed by atoms with Crippen molar-refractivity contribution >= 4 is 35.1 Å². The summed E-state index contributed by atoms with van der Waals surface area (Å²) in [6, 6.07) is 15.1. The summed E-state index contributed by atoms with van der Waals surface area (Å²) in [4.78, 5) is 28.9. The second-order valence-electron chi connectivity index (χ2n) is 8.66. The number of carbonyl (C=O) groups is 2. The minimum absolute atomic E-state index is 0.0158. The van der Waals surface area contributed by atoms with E-state index in [1.165, 1.54) is 11.3 Å². The van der Waals surface area contributed by atoms with Gasteiger partial charge in [0.15, 0.2) is 6.61 Å². The summed E-state index contributed by atoms with van der Waals surface area (Å²) >= 11 is 1.48. The van der Waals surface area contributed by atoms with Gasteiger partial charge in [-0.25, -0.2) is 9.47 Å². The fourth-order valence-electron chi connectivity index (χ4n) is 4.40. The van der Waals surface area contributed by atoms with Crippen LogP contribution in [0.1, 0.15) is 34.2 Å². The van der Waals surface area contributed by atoms with Crippen molar-refractivity contribution in [3.05, 3.63) is 81.2 Å². The Morgan fingerprint density at radius 3 is 2.71 bits per heavy atom. The molecule has 4 aromatic rings. The van der Waals surface area contributed by atoms with E-state index in [0.717, 1.165) is 38.7 Å². The number of nitrogens with one attached hydrogen (secondary N) is 1. The molecular weight excluding hydrogens is 502 g/mol. The van der Waals surface area contributed by atoms with Crippen LogP contribution in [0.3, 0.4) is 0 Å². The summed E-state index contributed by atoms with van der Waals surface area (Å²) in [5.41, 5.74) is 6.82. The normalized spacial score (nSPS) is 13.4. The molecule has 0 spiro atoms. The molecule has 0 aliphatic carbocycles. The number of aryl methyl sites for hydroxylation is 1. The number of carbonyl (C=O) groups excluding carboxylic acids is 2. The molecule has 1 aliphatic heterocycles. The van der Waals surface area contributed by atoms with Gasteiger partial charge in [-0.2, -0.15) is 5.10 Å². The molecule has 9 nitrogen and oxygen atoms in total. The van der Waals surface area contributed by atoms with Gasteiger partial charge in [-0.05, 0) is 69.3 Å². The van der Waals surface area contributed by atoms with Crippen molar-refractivity contribution in [2.75, 3.05) is 25.6 Å². The molecule has 10 heteroatoms. The van der Waals surface area contributed by atoms with Crippen molar-refractivity contribution in [2.45, 2.75) is 20.8 Å². The number of rotatable bonds is 6. The number of aromatic nitrogens is 2. The van der Waals surface area contributed by atoms with Crippen LogP contribution in [0.5, 0.6) is 5.75 Å². The lowest BCUT2D eigenvalue weighted by atomic mass is 10.1. The van der Waals surface area contributed by atoms with Crippen molar-refractivity contribution in [3.8, 4) is 22.7 Å². The monoisotopic (exact) mass is 529 g/mol. The maximum absolute atomic E-state index is 12.0. The average molecular weight is 530 g/mol. The van der Waals surface area contributed by atoms with Crippen LogP contribution < -0.4 is 14.9 Å². The van der Waals surface area contributed by atoms with Crippen molar-refractivity contribution < 1.29 is 19.1 Å². The third kappa shape index (κ3) is 4.78. The van der Waals surface area contributed by atoms with Gasteiger partial charge in [0.2, 0.25) is 4.80 Å². The van der Waals surface area contributed by atoms with Gasteiger partial charge in [-0.15, -0.1) is 11.3 Å². The van der Waals surface area contributed by atoms with E-state index in [1.54, 1.807) is 30.8 Å². The number of hydrogen-bond acceptors (Lipinski definition) is 7.